The molecule has 0 radical (unpaired) electrons. The van der Waals surface area contributed by atoms with E-state index in [1.165, 1.54) is 24.2 Å². The van der Waals surface area contributed by atoms with Crippen LogP contribution in [-0.4, -0.2) is 31.6 Å². The maximum absolute atomic E-state index is 11.9. The van der Waals surface area contributed by atoms with E-state index in [9.17, 15) is 13.2 Å². The number of nitrogens with zero attached hydrogens (tertiary/aromatic N) is 1. The number of sulfonamides is 1. The van der Waals surface area contributed by atoms with Gasteiger partial charge in [0.05, 0.1) is 16.5 Å². The van der Waals surface area contributed by atoms with Gasteiger partial charge in [-0.05, 0) is 25.7 Å². The van der Waals surface area contributed by atoms with Crippen LogP contribution in [0.15, 0.2) is 0 Å². The van der Waals surface area contributed by atoms with Crippen molar-refractivity contribution in [2.75, 3.05) is 12.3 Å². The van der Waals surface area contributed by atoms with E-state index in [1.54, 1.807) is 6.92 Å². The average Bonchev–Trinajstić information content (AvgIpc) is 2.99. The van der Waals surface area contributed by atoms with Crippen LogP contribution in [0.3, 0.4) is 0 Å². The average molecular weight is 303 g/mol. The van der Waals surface area contributed by atoms with Gasteiger partial charge < -0.3 is 5.32 Å². The third kappa shape index (κ3) is 4.55. The molecule has 0 spiro atoms. The van der Waals surface area contributed by atoms with E-state index in [4.69, 9.17) is 5.14 Å². The molecule has 8 heteroatoms. The van der Waals surface area contributed by atoms with Crippen LogP contribution < -0.4 is 10.5 Å². The molecule has 1 aliphatic carbocycles. The fourth-order valence-corrected chi connectivity index (χ4v) is 3.19. The number of rotatable bonds is 6. The summed E-state index contributed by atoms with van der Waals surface area (Å²) in [5.41, 5.74) is 0.703. The molecular weight excluding hydrogens is 286 g/mol. The molecule has 1 saturated carbocycles. The number of thiazole rings is 1. The van der Waals surface area contributed by atoms with E-state index < -0.39 is 10.0 Å². The molecule has 1 aliphatic rings. The summed E-state index contributed by atoms with van der Waals surface area (Å²) >= 11 is 1.39. The highest BCUT2D eigenvalue weighted by Crippen LogP contribution is 2.34. The van der Waals surface area contributed by atoms with Gasteiger partial charge in [0.25, 0.3) is 5.91 Å². The summed E-state index contributed by atoms with van der Waals surface area (Å²) in [5.74, 6) is 0.190. The molecule has 6 nitrogen and oxygen atoms in total. The van der Waals surface area contributed by atoms with E-state index in [2.05, 4.69) is 10.3 Å². The van der Waals surface area contributed by atoms with Crippen molar-refractivity contribution in [1.82, 2.24) is 10.3 Å². The SMILES string of the molecule is Cc1nc(CC2CC2)sc1C(=O)NCCS(N)(=O)=O. The molecular formula is C11H17N3O3S2. The minimum Gasteiger partial charge on any atom is -0.350 e. The lowest BCUT2D eigenvalue weighted by Gasteiger charge is -2.02. The number of nitrogens with two attached hydrogens (primary N) is 1. The number of carbonyl (C=O) groups is 1. The molecule has 1 aromatic heterocycles. The Labute approximate surface area is 116 Å². The summed E-state index contributed by atoms with van der Waals surface area (Å²) in [6, 6.07) is 0. The van der Waals surface area contributed by atoms with E-state index in [1.807, 2.05) is 0 Å². The van der Waals surface area contributed by atoms with Crippen molar-refractivity contribution in [3.8, 4) is 0 Å². The fourth-order valence-electron chi connectivity index (χ4n) is 1.71. The summed E-state index contributed by atoms with van der Waals surface area (Å²) in [6.45, 7) is 1.81. The predicted octanol–water partition coefficient (Wildman–Crippen LogP) is 0.422. The van der Waals surface area contributed by atoms with Gasteiger partial charge in [-0.2, -0.15) is 0 Å². The second kappa shape index (κ2) is 5.56. The third-order valence-corrected chi connectivity index (χ3v) is 4.83. The Kier molecular flexibility index (Phi) is 4.22. The lowest BCUT2D eigenvalue weighted by molar-refractivity contribution is 0.0959. The van der Waals surface area contributed by atoms with Crippen LogP contribution in [0.1, 0.15) is 33.2 Å². The Morgan fingerprint density at radius 2 is 2.21 bits per heavy atom. The molecule has 1 amide bonds. The van der Waals surface area contributed by atoms with Crippen molar-refractivity contribution in [1.29, 1.82) is 0 Å². The van der Waals surface area contributed by atoms with Crippen molar-refractivity contribution in [2.45, 2.75) is 26.2 Å². The largest absolute Gasteiger partial charge is 0.350 e. The number of nitrogens with one attached hydrogen (secondary N) is 1. The van der Waals surface area contributed by atoms with Gasteiger partial charge in [0.15, 0.2) is 0 Å². The smallest absolute Gasteiger partial charge is 0.263 e. The van der Waals surface area contributed by atoms with Crippen LogP contribution in [-0.2, 0) is 16.4 Å². The maximum Gasteiger partial charge on any atom is 0.263 e. The van der Waals surface area contributed by atoms with E-state index in [0.29, 0.717) is 10.6 Å². The molecule has 2 rings (SSSR count). The maximum atomic E-state index is 11.9. The monoisotopic (exact) mass is 303 g/mol. The summed E-state index contributed by atoms with van der Waals surface area (Å²) in [5, 5.41) is 8.40. The molecule has 0 atom stereocenters. The molecule has 1 aromatic rings. The summed E-state index contributed by atoms with van der Waals surface area (Å²) < 4.78 is 21.5. The quantitative estimate of drug-likeness (QED) is 0.795. The molecule has 1 fully saturated rings. The Hall–Kier alpha value is -0.990. The zero-order chi connectivity index (χ0) is 14.0. The first-order valence-electron chi connectivity index (χ1n) is 6.10. The molecule has 106 valence electrons. The normalized spacial score (nSPS) is 15.5. The highest BCUT2D eigenvalue weighted by Gasteiger charge is 2.24. The van der Waals surface area contributed by atoms with Gasteiger partial charge in [-0.3, -0.25) is 4.79 Å². The van der Waals surface area contributed by atoms with Gasteiger partial charge in [0.2, 0.25) is 10.0 Å². The van der Waals surface area contributed by atoms with Crippen LogP contribution >= 0.6 is 11.3 Å². The predicted molar refractivity (Wildman–Crippen MR) is 73.6 cm³/mol. The minimum absolute atomic E-state index is 0.0208. The van der Waals surface area contributed by atoms with Gasteiger partial charge in [0, 0.05) is 13.0 Å². The van der Waals surface area contributed by atoms with Crippen molar-refractivity contribution in [3.63, 3.8) is 0 Å². The van der Waals surface area contributed by atoms with Gasteiger partial charge >= 0.3 is 0 Å². The number of aromatic nitrogens is 1. The van der Waals surface area contributed by atoms with Crippen molar-refractivity contribution in [2.24, 2.45) is 11.1 Å². The van der Waals surface area contributed by atoms with Gasteiger partial charge in [-0.15, -0.1) is 11.3 Å². The molecule has 0 saturated heterocycles. The lowest BCUT2D eigenvalue weighted by atomic mass is 10.3. The van der Waals surface area contributed by atoms with Gasteiger partial charge in [-0.25, -0.2) is 18.5 Å². The Morgan fingerprint density at radius 1 is 1.53 bits per heavy atom. The van der Waals surface area contributed by atoms with Crippen LogP contribution in [0.2, 0.25) is 0 Å². The number of hydrogen-bond donors (Lipinski definition) is 2. The van der Waals surface area contributed by atoms with Crippen LogP contribution in [0, 0.1) is 12.8 Å². The second-order valence-corrected chi connectivity index (χ2v) is 7.61. The highest BCUT2D eigenvalue weighted by atomic mass is 32.2. The lowest BCUT2D eigenvalue weighted by Crippen LogP contribution is -2.31. The molecule has 3 N–H and O–H groups in total. The summed E-state index contributed by atoms with van der Waals surface area (Å²) in [7, 11) is -3.54. The number of aryl methyl sites for hydroxylation is 1. The molecule has 0 unspecified atom stereocenters. The number of carbonyl (C=O) groups excluding carboxylic acids is 1. The standard InChI is InChI=1S/C11H17N3O3S2/c1-7-10(11(15)13-4-5-19(12,16)17)18-9(14-7)6-8-2-3-8/h8H,2-6H2,1H3,(H,13,15)(H2,12,16,17). The zero-order valence-corrected chi connectivity index (χ0v) is 12.3. The van der Waals surface area contributed by atoms with Gasteiger partial charge in [-0.1, -0.05) is 0 Å². The van der Waals surface area contributed by atoms with Gasteiger partial charge in [0.1, 0.15) is 4.88 Å². The molecule has 0 aliphatic heterocycles. The summed E-state index contributed by atoms with van der Waals surface area (Å²) in [4.78, 5) is 16.8. The van der Waals surface area contributed by atoms with Crippen LogP contribution in [0.4, 0.5) is 0 Å². The molecule has 0 bridgehead atoms. The first-order valence-corrected chi connectivity index (χ1v) is 8.63. The Balaban J connectivity index is 1.92. The molecule has 1 heterocycles. The Morgan fingerprint density at radius 3 is 2.79 bits per heavy atom. The topological polar surface area (TPSA) is 102 Å². The van der Waals surface area contributed by atoms with Crippen molar-refractivity contribution in [3.05, 3.63) is 15.6 Å². The fraction of sp³-hybridized carbons (Fsp3) is 0.636. The highest BCUT2D eigenvalue weighted by molar-refractivity contribution is 7.89. The van der Waals surface area contributed by atoms with Crippen LogP contribution in [0.5, 0.6) is 0 Å². The minimum atomic E-state index is -3.54. The Bertz CT molecular complexity index is 576. The van der Waals surface area contributed by atoms with E-state index >= 15 is 0 Å². The van der Waals surface area contributed by atoms with E-state index in [0.717, 1.165) is 17.3 Å². The zero-order valence-electron chi connectivity index (χ0n) is 10.7. The first-order chi connectivity index (χ1) is 8.85. The van der Waals surface area contributed by atoms with E-state index in [-0.39, 0.29) is 18.2 Å². The number of amides is 1. The van der Waals surface area contributed by atoms with Crippen molar-refractivity contribution >= 4 is 27.3 Å². The molecule has 0 aromatic carbocycles. The number of primary sulfonamides is 1. The number of hydrogen-bond acceptors (Lipinski definition) is 5. The summed E-state index contributed by atoms with van der Waals surface area (Å²) in [6.07, 6.45) is 3.43. The second-order valence-electron chi connectivity index (χ2n) is 4.79. The van der Waals surface area contributed by atoms with Crippen molar-refractivity contribution < 1.29 is 13.2 Å². The third-order valence-electron chi connectivity index (χ3n) is 2.88. The van der Waals surface area contributed by atoms with Crippen LogP contribution in [0.25, 0.3) is 0 Å². The first kappa shape index (κ1) is 14.4. The molecule has 19 heavy (non-hydrogen) atoms.